The molecule has 26 heavy (non-hydrogen) atoms. The Kier molecular flexibility index (Phi) is 5.89. The van der Waals surface area contributed by atoms with E-state index in [0.717, 1.165) is 25.7 Å². The van der Waals surface area contributed by atoms with Crippen molar-refractivity contribution in [2.24, 2.45) is 0 Å². The molecule has 1 aliphatic rings. The number of carbonyl (C=O) groups excluding carboxylic acids is 2. The molecule has 0 saturated heterocycles. The molecule has 0 heterocycles. The van der Waals surface area contributed by atoms with E-state index in [1.54, 1.807) is 24.3 Å². The van der Waals surface area contributed by atoms with E-state index in [1.165, 1.54) is 5.56 Å². The summed E-state index contributed by atoms with van der Waals surface area (Å²) in [6, 6.07) is 17.3. The molecule has 3 amide bonds. The zero-order chi connectivity index (χ0) is 18.4. The Bertz CT molecular complexity index is 740. The minimum absolute atomic E-state index is 0.0574. The van der Waals surface area contributed by atoms with Gasteiger partial charge in [-0.2, -0.15) is 0 Å². The summed E-state index contributed by atoms with van der Waals surface area (Å²) in [5.41, 5.74) is 2.54. The van der Waals surface area contributed by atoms with Crippen molar-refractivity contribution in [3.8, 4) is 0 Å². The van der Waals surface area contributed by atoms with Gasteiger partial charge >= 0.3 is 6.03 Å². The van der Waals surface area contributed by atoms with Gasteiger partial charge in [0.1, 0.15) is 0 Å². The van der Waals surface area contributed by atoms with Gasteiger partial charge in [-0.1, -0.05) is 30.3 Å². The molecule has 0 radical (unpaired) electrons. The van der Waals surface area contributed by atoms with Gasteiger partial charge in [0.05, 0.1) is 0 Å². The van der Waals surface area contributed by atoms with E-state index in [2.05, 4.69) is 28.1 Å². The number of urea groups is 1. The van der Waals surface area contributed by atoms with Gasteiger partial charge in [-0.15, -0.1) is 0 Å². The van der Waals surface area contributed by atoms with Crippen LogP contribution in [-0.4, -0.2) is 24.0 Å². The van der Waals surface area contributed by atoms with Crippen molar-refractivity contribution in [1.82, 2.24) is 10.6 Å². The van der Waals surface area contributed by atoms with Gasteiger partial charge in [0, 0.05) is 23.3 Å². The minimum atomic E-state index is -0.235. The average Bonchev–Trinajstić information content (AvgIpc) is 3.45. The Morgan fingerprint density at radius 3 is 2.38 bits per heavy atom. The number of hydrogen-bond acceptors (Lipinski definition) is 2. The van der Waals surface area contributed by atoms with E-state index in [4.69, 9.17) is 0 Å². The molecule has 1 aliphatic carbocycles. The normalized spacial score (nSPS) is 14.3. The summed E-state index contributed by atoms with van der Waals surface area (Å²) in [5, 5.41) is 8.69. The van der Waals surface area contributed by atoms with Crippen molar-refractivity contribution in [2.45, 2.75) is 44.7 Å². The standard InChI is InChI=1S/C21H25N3O2/c1-15(7-8-16-5-3-2-4-6-16)22-21(26)24-19-11-9-17(10-12-19)20(25)23-18-13-14-18/h2-6,9-12,15,18H,7-8,13-14H2,1H3,(H,23,25)(H2,22,24,26). The first kappa shape index (κ1) is 18.0. The monoisotopic (exact) mass is 351 g/mol. The second-order valence-electron chi connectivity index (χ2n) is 6.85. The van der Waals surface area contributed by atoms with Gasteiger partial charge in [0.15, 0.2) is 0 Å². The summed E-state index contributed by atoms with van der Waals surface area (Å²) in [6.45, 7) is 1.99. The number of carbonyl (C=O) groups is 2. The summed E-state index contributed by atoms with van der Waals surface area (Å²) in [7, 11) is 0. The van der Waals surface area contributed by atoms with Gasteiger partial charge < -0.3 is 16.0 Å². The molecule has 5 heteroatoms. The van der Waals surface area contributed by atoms with Gasteiger partial charge in [-0.25, -0.2) is 4.79 Å². The first-order chi connectivity index (χ1) is 12.6. The molecule has 0 aromatic heterocycles. The van der Waals surface area contributed by atoms with E-state index in [0.29, 0.717) is 17.3 Å². The highest BCUT2D eigenvalue weighted by Crippen LogP contribution is 2.19. The molecule has 0 bridgehead atoms. The van der Waals surface area contributed by atoms with Crippen LogP contribution in [0.15, 0.2) is 54.6 Å². The summed E-state index contributed by atoms with van der Waals surface area (Å²) in [4.78, 5) is 24.1. The fourth-order valence-electron chi connectivity index (χ4n) is 2.69. The molecule has 1 fully saturated rings. The van der Waals surface area contributed by atoms with Crippen LogP contribution < -0.4 is 16.0 Å². The molecule has 1 saturated carbocycles. The summed E-state index contributed by atoms with van der Waals surface area (Å²) >= 11 is 0. The molecule has 0 aliphatic heterocycles. The van der Waals surface area contributed by atoms with Crippen LogP contribution in [0.4, 0.5) is 10.5 Å². The third kappa shape index (κ3) is 5.62. The number of aryl methyl sites for hydroxylation is 1. The molecule has 136 valence electrons. The van der Waals surface area contributed by atoms with Crippen LogP contribution in [0.1, 0.15) is 42.1 Å². The van der Waals surface area contributed by atoms with Crippen molar-refractivity contribution in [3.05, 3.63) is 65.7 Å². The van der Waals surface area contributed by atoms with Crippen LogP contribution in [0.3, 0.4) is 0 Å². The number of rotatable bonds is 7. The predicted molar refractivity (Wildman–Crippen MR) is 103 cm³/mol. The van der Waals surface area contributed by atoms with E-state index in [1.807, 2.05) is 25.1 Å². The van der Waals surface area contributed by atoms with Crippen molar-refractivity contribution >= 4 is 17.6 Å². The van der Waals surface area contributed by atoms with E-state index < -0.39 is 0 Å². The van der Waals surface area contributed by atoms with Crippen LogP contribution in [0, 0.1) is 0 Å². The van der Waals surface area contributed by atoms with Gasteiger partial charge in [0.2, 0.25) is 0 Å². The third-order valence-corrected chi connectivity index (χ3v) is 4.40. The number of benzene rings is 2. The summed E-state index contributed by atoms with van der Waals surface area (Å²) < 4.78 is 0. The van der Waals surface area contributed by atoms with Crippen LogP contribution in [0.2, 0.25) is 0 Å². The molecule has 1 atom stereocenters. The number of amides is 3. The highest BCUT2D eigenvalue weighted by Gasteiger charge is 2.23. The number of nitrogens with one attached hydrogen (secondary N) is 3. The second kappa shape index (κ2) is 8.52. The summed E-state index contributed by atoms with van der Waals surface area (Å²) in [6.07, 6.45) is 3.92. The molecule has 3 N–H and O–H groups in total. The first-order valence-corrected chi connectivity index (χ1v) is 9.12. The van der Waals surface area contributed by atoms with Gasteiger partial charge in [-0.05, 0) is 62.4 Å². The summed E-state index contributed by atoms with van der Waals surface area (Å²) in [5.74, 6) is -0.0574. The predicted octanol–water partition coefficient (Wildman–Crippen LogP) is 3.72. The highest BCUT2D eigenvalue weighted by atomic mass is 16.2. The third-order valence-electron chi connectivity index (χ3n) is 4.40. The maximum Gasteiger partial charge on any atom is 0.319 e. The van der Waals surface area contributed by atoms with E-state index in [9.17, 15) is 9.59 Å². The van der Waals surface area contributed by atoms with Crippen molar-refractivity contribution in [2.75, 3.05) is 5.32 Å². The number of anilines is 1. The minimum Gasteiger partial charge on any atom is -0.349 e. The molecule has 3 rings (SSSR count). The highest BCUT2D eigenvalue weighted by molar-refractivity contribution is 5.95. The van der Waals surface area contributed by atoms with Crippen LogP contribution in [0.25, 0.3) is 0 Å². The molecule has 2 aromatic rings. The molecular formula is C21H25N3O2. The largest absolute Gasteiger partial charge is 0.349 e. The Morgan fingerprint density at radius 1 is 1.04 bits per heavy atom. The molecule has 2 aromatic carbocycles. The smallest absolute Gasteiger partial charge is 0.319 e. The zero-order valence-electron chi connectivity index (χ0n) is 15.0. The SMILES string of the molecule is CC(CCc1ccccc1)NC(=O)Nc1ccc(C(=O)NC2CC2)cc1. The molecule has 5 nitrogen and oxygen atoms in total. The molecule has 1 unspecified atom stereocenters. The Balaban J connectivity index is 1.42. The van der Waals surface area contributed by atoms with Crippen LogP contribution in [0.5, 0.6) is 0 Å². The lowest BCUT2D eigenvalue weighted by Crippen LogP contribution is -2.36. The quantitative estimate of drug-likeness (QED) is 0.711. The Morgan fingerprint density at radius 2 is 1.73 bits per heavy atom. The zero-order valence-corrected chi connectivity index (χ0v) is 15.0. The van der Waals surface area contributed by atoms with Gasteiger partial charge in [-0.3, -0.25) is 4.79 Å². The van der Waals surface area contributed by atoms with Gasteiger partial charge in [0.25, 0.3) is 5.91 Å². The lowest BCUT2D eigenvalue weighted by Gasteiger charge is -2.15. The lowest BCUT2D eigenvalue weighted by molar-refractivity contribution is 0.0951. The fraction of sp³-hybridized carbons (Fsp3) is 0.333. The topological polar surface area (TPSA) is 70.2 Å². The van der Waals surface area contributed by atoms with Crippen molar-refractivity contribution in [3.63, 3.8) is 0 Å². The van der Waals surface area contributed by atoms with E-state index >= 15 is 0 Å². The van der Waals surface area contributed by atoms with Crippen LogP contribution in [-0.2, 0) is 6.42 Å². The maximum absolute atomic E-state index is 12.1. The van der Waals surface area contributed by atoms with Crippen molar-refractivity contribution in [1.29, 1.82) is 0 Å². The molecule has 0 spiro atoms. The second-order valence-corrected chi connectivity index (χ2v) is 6.85. The fourth-order valence-corrected chi connectivity index (χ4v) is 2.69. The Labute approximate surface area is 154 Å². The van der Waals surface area contributed by atoms with Crippen LogP contribution >= 0.6 is 0 Å². The van der Waals surface area contributed by atoms with E-state index in [-0.39, 0.29) is 18.0 Å². The Hall–Kier alpha value is -2.82. The lowest BCUT2D eigenvalue weighted by atomic mass is 10.1. The maximum atomic E-state index is 12.1. The number of hydrogen-bond donors (Lipinski definition) is 3. The molecular weight excluding hydrogens is 326 g/mol. The first-order valence-electron chi connectivity index (χ1n) is 9.12. The average molecular weight is 351 g/mol. The van der Waals surface area contributed by atoms with Crippen molar-refractivity contribution < 1.29 is 9.59 Å².